The number of halogens is 3. The van der Waals surface area contributed by atoms with Gasteiger partial charge < -0.3 is 4.90 Å². The average molecular weight is 278 g/mol. The van der Waals surface area contributed by atoms with Crippen molar-refractivity contribution in [2.24, 2.45) is 0 Å². The predicted octanol–water partition coefficient (Wildman–Crippen LogP) is 3.22. The van der Waals surface area contributed by atoms with Gasteiger partial charge in [0.25, 0.3) is 6.43 Å². The van der Waals surface area contributed by atoms with Crippen molar-refractivity contribution in [1.29, 1.82) is 0 Å². The smallest absolute Gasteiger partial charge is 0.255 e. The van der Waals surface area contributed by atoms with Gasteiger partial charge in [-0.2, -0.15) is 0 Å². The highest BCUT2D eigenvalue weighted by molar-refractivity contribution is 6.18. The van der Waals surface area contributed by atoms with E-state index >= 15 is 0 Å². The summed E-state index contributed by atoms with van der Waals surface area (Å²) >= 11 is 5.63. The molecule has 0 spiro atoms. The first-order valence-corrected chi connectivity index (χ1v) is 6.42. The number of hydrogen-bond acceptors (Lipinski definition) is 3. The maximum Gasteiger partial charge on any atom is 0.255 e. The van der Waals surface area contributed by atoms with Gasteiger partial charge in [0.05, 0.1) is 6.54 Å². The Balaban J connectivity index is 3.02. The summed E-state index contributed by atoms with van der Waals surface area (Å²) in [6.07, 6.45) is -2.43. The molecule has 18 heavy (non-hydrogen) atoms. The Hall–Kier alpha value is -0.970. The fourth-order valence-electron chi connectivity index (χ4n) is 1.56. The van der Waals surface area contributed by atoms with Gasteiger partial charge in [0.1, 0.15) is 0 Å². The third-order valence-electron chi connectivity index (χ3n) is 2.45. The summed E-state index contributed by atoms with van der Waals surface area (Å²) in [7, 11) is 0. The number of aromatic nitrogens is 2. The Kier molecular flexibility index (Phi) is 5.72. The normalized spacial score (nSPS) is 11.3. The number of aryl methyl sites for hydroxylation is 1. The van der Waals surface area contributed by atoms with Crippen molar-refractivity contribution in [3.05, 3.63) is 17.5 Å². The second-order valence-electron chi connectivity index (χ2n) is 4.41. The van der Waals surface area contributed by atoms with E-state index in [4.69, 9.17) is 11.6 Å². The van der Waals surface area contributed by atoms with Crippen LogP contribution in [0.15, 0.2) is 6.07 Å². The molecule has 6 heteroatoms. The van der Waals surface area contributed by atoms with E-state index in [2.05, 4.69) is 9.97 Å². The third-order valence-corrected chi connectivity index (χ3v) is 2.62. The first kappa shape index (κ1) is 15.1. The quantitative estimate of drug-likeness (QED) is 0.748. The molecule has 0 unspecified atom stereocenters. The molecule has 0 N–H and O–H groups in total. The van der Waals surface area contributed by atoms with Crippen LogP contribution in [0.4, 0.5) is 14.7 Å². The molecular weight excluding hydrogens is 260 g/mol. The minimum atomic E-state index is -2.43. The summed E-state index contributed by atoms with van der Waals surface area (Å²) in [5.41, 5.74) is 1.63. The lowest BCUT2D eigenvalue weighted by atomic mass is 10.1. The molecule has 0 saturated heterocycles. The van der Waals surface area contributed by atoms with Gasteiger partial charge in [-0.15, -0.1) is 11.6 Å². The SMILES string of the molecule is Cc1cc(C(C)C)nc(N(CCCl)CC(F)F)n1. The zero-order valence-electron chi connectivity index (χ0n) is 10.8. The topological polar surface area (TPSA) is 29.0 Å². The number of rotatable bonds is 6. The Morgan fingerprint density at radius 2 is 2.00 bits per heavy atom. The van der Waals surface area contributed by atoms with Crippen molar-refractivity contribution in [2.75, 3.05) is 23.9 Å². The summed E-state index contributed by atoms with van der Waals surface area (Å²) in [4.78, 5) is 9.97. The zero-order valence-corrected chi connectivity index (χ0v) is 11.6. The van der Waals surface area contributed by atoms with Crippen LogP contribution in [0.2, 0.25) is 0 Å². The van der Waals surface area contributed by atoms with E-state index in [-0.39, 0.29) is 11.8 Å². The van der Waals surface area contributed by atoms with E-state index in [1.807, 2.05) is 26.8 Å². The highest BCUT2D eigenvalue weighted by Gasteiger charge is 2.16. The van der Waals surface area contributed by atoms with Crippen molar-refractivity contribution in [3.63, 3.8) is 0 Å². The van der Waals surface area contributed by atoms with E-state index in [0.717, 1.165) is 11.4 Å². The molecule has 1 heterocycles. The molecule has 1 rings (SSSR count). The molecule has 3 nitrogen and oxygen atoms in total. The van der Waals surface area contributed by atoms with Gasteiger partial charge in [0, 0.05) is 23.8 Å². The van der Waals surface area contributed by atoms with Crippen molar-refractivity contribution >= 4 is 17.5 Å². The summed E-state index contributed by atoms with van der Waals surface area (Å²) in [6.45, 7) is 5.76. The van der Waals surface area contributed by atoms with Gasteiger partial charge in [-0.1, -0.05) is 13.8 Å². The summed E-state index contributed by atoms with van der Waals surface area (Å²) in [6, 6.07) is 1.87. The minimum Gasteiger partial charge on any atom is -0.334 e. The van der Waals surface area contributed by atoms with Crippen molar-refractivity contribution in [2.45, 2.75) is 33.1 Å². The van der Waals surface area contributed by atoms with Gasteiger partial charge in [-0.3, -0.25) is 0 Å². The summed E-state index contributed by atoms with van der Waals surface area (Å²) in [5, 5.41) is 0. The van der Waals surface area contributed by atoms with Crippen LogP contribution < -0.4 is 4.90 Å². The molecule has 0 aromatic carbocycles. The predicted molar refractivity (Wildman–Crippen MR) is 69.8 cm³/mol. The van der Waals surface area contributed by atoms with Gasteiger partial charge in [0.2, 0.25) is 5.95 Å². The molecule has 0 radical (unpaired) electrons. The van der Waals surface area contributed by atoms with Crippen molar-refractivity contribution < 1.29 is 8.78 Å². The molecule has 0 aliphatic heterocycles. The monoisotopic (exact) mass is 277 g/mol. The van der Waals surface area contributed by atoms with Gasteiger partial charge in [0.15, 0.2) is 0 Å². The standard InChI is InChI=1S/C12H18ClF2N3/c1-8(2)10-6-9(3)16-12(17-10)18(5-4-13)7-11(14)15/h6,8,11H,4-5,7H2,1-3H3. The second kappa shape index (κ2) is 6.83. The third kappa shape index (κ3) is 4.37. The molecule has 1 aromatic rings. The molecular formula is C12H18ClF2N3. The molecule has 1 aromatic heterocycles. The molecule has 0 amide bonds. The van der Waals surface area contributed by atoms with E-state index in [9.17, 15) is 8.78 Å². The van der Waals surface area contributed by atoms with Gasteiger partial charge in [-0.25, -0.2) is 18.7 Å². The van der Waals surface area contributed by atoms with Crippen LogP contribution in [-0.2, 0) is 0 Å². The summed E-state index contributed by atoms with van der Waals surface area (Å²) in [5.74, 6) is 0.829. The lowest BCUT2D eigenvalue weighted by Crippen LogP contribution is -2.32. The molecule has 0 atom stereocenters. The highest BCUT2D eigenvalue weighted by Crippen LogP contribution is 2.17. The van der Waals surface area contributed by atoms with Crippen LogP contribution in [0.25, 0.3) is 0 Å². The van der Waals surface area contributed by atoms with Gasteiger partial charge >= 0.3 is 0 Å². The molecule has 0 aliphatic rings. The Morgan fingerprint density at radius 1 is 1.33 bits per heavy atom. The number of anilines is 1. The Bertz CT molecular complexity index is 386. The fraction of sp³-hybridized carbons (Fsp3) is 0.667. The van der Waals surface area contributed by atoms with Crippen LogP contribution in [-0.4, -0.2) is 35.4 Å². The highest BCUT2D eigenvalue weighted by atomic mass is 35.5. The summed E-state index contributed by atoms with van der Waals surface area (Å²) < 4.78 is 25.0. The van der Waals surface area contributed by atoms with E-state index in [1.165, 1.54) is 4.90 Å². The first-order chi connectivity index (χ1) is 8.43. The van der Waals surface area contributed by atoms with E-state index in [0.29, 0.717) is 12.5 Å². The zero-order chi connectivity index (χ0) is 13.7. The van der Waals surface area contributed by atoms with Crippen LogP contribution >= 0.6 is 11.6 Å². The minimum absolute atomic E-state index is 0.231. The average Bonchev–Trinajstić information content (AvgIpc) is 2.27. The fourth-order valence-corrected chi connectivity index (χ4v) is 1.76. The van der Waals surface area contributed by atoms with Crippen molar-refractivity contribution in [3.8, 4) is 0 Å². The maximum atomic E-state index is 12.5. The lowest BCUT2D eigenvalue weighted by Gasteiger charge is -2.22. The first-order valence-electron chi connectivity index (χ1n) is 5.88. The van der Waals surface area contributed by atoms with Crippen LogP contribution in [0.5, 0.6) is 0 Å². The lowest BCUT2D eigenvalue weighted by molar-refractivity contribution is 0.154. The van der Waals surface area contributed by atoms with Crippen LogP contribution in [0.3, 0.4) is 0 Å². The van der Waals surface area contributed by atoms with E-state index in [1.54, 1.807) is 0 Å². The second-order valence-corrected chi connectivity index (χ2v) is 4.79. The van der Waals surface area contributed by atoms with Crippen molar-refractivity contribution in [1.82, 2.24) is 9.97 Å². The van der Waals surface area contributed by atoms with Gasteiger partial charge in [-0.05, 0) is 18.9 Å². The number of alkyl halides is 3. The number of nitrogens with zero attached hydrogens (tertiary/aromatic N) is 3. The largest absolute Gasteiger partial charge is 0.334 e. The number of hydrogen-bond donors (Lipinski definition) is 0. The van der Waals surface area contributed by atoms with E-state index < -0.39 is 13.0 Å². The van der Waals surface area contributed by atoms with Crippen LogP contribution in [0, 0.1) is 6.92 Å². The Labute approximate surface area is 111 Å². The van der Waals surface area contributed by atoms with Crippen LogP contribution in [0.1, 0.15) is 31.2 Å². The molecule has 0 saturated carbocycles. The maximum absolute atomic E-state index is 12.5. The Morgan fingerprint density at radius 3 is 2.50 bits per heavy atom. The molecule has 0 bridgehead atoms. The molecule has 0 fully saturated rings. The molecule has 102 valence electrons. The molecule has 0 aliphatic carbocycles.